The van der Waals surface area contributed by atoms with E-state index in [9.17, 15) is 4.79 Å². The molecule has 1 aromatic carbocycles. The molecule has 0 aliphatic carbocycles. The normalized spacial score (nSPS) is 11.5. The highest BCUT2D eigenvalue weighted by atomic mass is 32.1. The van der Waals surface area contributed by atoms with E-state index in [1.165, 1.54) is 5.56 Å². The van der Waals surface area contributed by atoms with Gasteiger partial charge in [0, 0.05) is 13.1 Å². The van der Waals surface area contributed by atoms with E-state index in [0.717, 1.165) is 39.6 Å². The van der Waals surface area contributed by atoms with Crippen molar-refractivity contribution in [3.05, 3.63) is 40.7 Å². The number of anilines is 1. The van der Waals surface area contributed by atoms with E-state index in [1.807, 2.05) is 38.9 Å². The molecule has 1 amide bonds. The average molecular weight is 400 g/mol. The second kappa shape index (κ2) is 8.41. The van der Waals surface area contributed by atoms with Crippen LogP contribution in [-0.2, 0) is 6.54 Å². The van der Waals surface area contributed by atoms with E-state index in [1.54, 1.807) is 16.0 Å². The minimum Gasteiger partial charge on any atom is -0.309 e. The van der Waals surface area contributed by atoms with Gasteiger partial charge in [0.2, 0.25) is 0 Å². The van der Waals surface area contributed by atoms with Crippen molar-refractivity contribution in [3.8, 4) is 0 Å². The maximum absolute atomic E-state index is 13.5. The number of fused-ring (bicyclic) bond motifs is 1. The van der Waals surface area contributed by atoms with Crippen LogP contribution in [-0.4, -0.2) is 52.8 Å². The van der Waals surface area contributed by atoms with E-state index >= 15 is 0 Å². The van der Waals surface area contributed by atoms with Gasteiger partial charge in [-0.3, -0.25) is 14.4 Å². The van der Waals surface area contributed by atoms with Gasteiger partial charge in [0.15, 0.2) is 5.13 Å². The third kappa shape index (κ3) is 4.10. The summed E-state index contributed by atoms with van der Waals surface area (Å²) in [7, 11) is 4.10. The van der Waals surface area contributed by atoms with Gasteiger partial charge in [-0.1, -0.05) is 23.5 Å². The summed E-state index contributed by atoms with van der Waals surface area (Å²) in [6.45, 7) is 10.3. The fourth-order valence-corrected chi connectivity index (χ4v) is 4.43. The van der Waals surface area contributed by atoms with Crippen molar-refractivity contribution in [1.82, 2.24) is 19.7 Å². The first-order valence-electron chi connectivity index (χ1n) is 9.69. The van der Waals surface area contributed by atoms with Gasteiger partial charge in [-0.15, -0.1) is 0 Å². The first-order valence-corrected chi connectivity index (χ1v) is 10.5. The van der Waals surface area contributed by atoms with E-state index in [2.05, 4.69) is 36.0 Å². The fraction of sp³-hybridized carbons (Fsp3) is 0.476. The lowest BCUT2D eigenvalue weighted by Gasteiger charge is -2.21. The summed E-state index contributed by atoms with van der Waals surface area (Å²) in [6, 6.07) is 6.08. The number of thiazole rings is 1. The molecule has 0 radical (unpaired) electrons. The van der Waals surface area contributed by atoms with Crippen molar-refractivity contribution >= 4 is 32.6 Å². The molecule has 0 N–H and O–H groups in total. The third-order valence-corrected chi connectivity index (χ3v) is 6.03. The lowest BCUT2D eigenvalue weighted by Crippen LogP contribution is -2.34. The molecule has 7 heteroatoms. The van der Waals surface area contributed by atoms with Gasteiger partial charge in [-0.25, -0.2) is 4.98 Å². The SMILES string of the molecule is CCn1nc(C)cc1C(=O)N(CCCN(C)C)c1nc2c(C)ccc(C)c2s1. The van der Waals surface area contributed by atoms with Crippen molar-refractivity contribution in [3.63, 3.8) is 0 Å². The van der Waals surface area contributed by atoms with Gasteiger partial charge >= 0.3 is 0 Å². The van der Waals surface area contributed by atoms with Crippen LogP contribution in [0.2, 0.25) is 0 Å². The van der Waals surface area contributed by atoms with Crippen LogP contribution in [0.5, 0.6) is 0 Å². The number of rotatable bonds is 7. The number of carbonyl (C=O) groups is 1. The van der Waals surface area contributed by atoms with Gasteiger partial charge in [-0.05, 0) is 71.9 Å². The number of nitrogens with zero attached hydrogens (tertiary/aromatic N) is 5. The van der Waals surface area contributed by atoms with Crippen molar-refractivity contribution in [2.75, 3.05) is 32.1 Å². The number of aromatic nitrogens is 3. The van der Waals surface area contributed by atoms with E-state index in [4.69, 9.17) is 4.98 Å². The Morgan fingerprint density at radius 3 is 2.50 bits per heavy atom. The van der Waals surface area contributed by atoms with Crippen LogP contribution >= 0.6 is 11.3 Å². The molecule has 0 spiro atoms. The Balaban J connectivity index is 2.02. The molecule has 2 aromatic heterocycles. The van der Waals surface area contributed by atoms with Crippen LogP contribution in [0.4, 0.5) is 5.13 Å². The molecule has 0 unspecified atom stereocenters. The summed E-state index contributed by atoms with van der Waals surface area (Å²) in [4.78, 5) is 22.3. The Morgan fingerprint density at radius 1 is 1.14 bits per heavy atom. The number of hydrogen-bond donors (Lipinski definition) is 0. The first kappa shape index (κ1) is 20.5. The molecule has 2 heterocycles. The van der Waals surface area contributed by atoms with Crippen LogP contribution in [0.25, 0.3) is 10.2 Å². The molecule has 0 atom stereocenters. The van der Waals surface area contributed by atoms with Gasteiger partial charge in [-0.2, -0.15) is 5.10 Å². The van der Waals surface area contributed by atoms with Crippen molar-refractivity contribution in [2.45, 2.75) is 40.7 Å². The number of hydrogen-bond acceptors (Lipinski definition) is 5. The second-order valence-electron chi connectivity index (χ2n) is 7.47. The summed E-state index contributed by atoms with van der Waals surface area (Å²) in [5, 5.41) is 5.21. The Kier molecular flexibility index (Phi) is 6.15. The summed E-state index contributed by atoms with van der Waals surface area (Å²) in [6.07, 6.45) is 0.881. The highest BCUT2D eigenvalue weighted by molar-refractivity contribution is 7.22. The van der Waals surface area contributed by atoms with Gasteiger partial charge in [0.05, 0.1) is 15.9 Å². The third-order valence-electron chi connectivity index (χ3n) is 4.81. The van der Waals surface area contributed by atoms with Gasteiger partial charge in [0.1, 0.15) is 5.69 Å². The zero-order valence-electron chi connectivity index (χ0n) is 17.6. The maximum Gasteiger partial charge on any atom is 0.278 e. The number of carbonyl (C=O) groups excluding carboxylic acids is 1. The molecule has 3 rings (SSSR count). The van der Waals surface area contributed by atoms with Crippen molar-refractivity contribution in [1.29, 1.82) is 0 Å². The summed E-state index contributed by atoms with van der Waals surface area (Å²) >= 11 is 1.60. The van der Waals surface area contributed by atoms with E-state index in [0.29, 0.717) is 18.8 Å². The molecule has 3 aromatic rings. The number of benzene rings is 1. The monoisotopic (exact) mass is 399 g/mol. The van der Waals surface area contributed by atoms with E-state index < -0.39 is 0 Å². The Labute approximate surface area is 170 Å². The molecule has 0 saturated carbocycles. The summed E-state index contributed by atoms with van der Waals surface area (Å²) < 4.78 is 2.93. The molecule has 150 valence electrons. The van der Waals surface area contributed by atoms with Crippen LogP contribution in [0.3, 0.4) is 0 Å². The molecular formula is C21H29N5OS. The van der Waals surface area contributed by atoms with Crippen LogP contribution < -0.4 is 4.90 Å². The van der Waals surface area contributed by atoms with E-state index in [-0.39, 0.29) is 5.91 Å². The number of amides is 1. The Morgan fingerprint density at radius 2 is 1.86 bits per heavy atom. The minimum atomic E-state index is -0.0319. The highest BCUT2D eigenvalue weighted by Gasteiger charge is 2.25. The molecule has 0 aliphatic rings. The minimum absolute atomic E-state index is 0.0319. The largest absolute Gasteiger partial charge is 0.309 e. The number of aryl methyl sites for hydroxylation is 4. The Bertz CT molecular complexity index is 949. The van der Waals surface area contributed by atoms with Crippen LogP contribution in [0, 0.1) is 20.8 Å². The standard InChI is InChI=1S/C21H29N5OS/c1-7-26-17(13-16(4)23-26)20(27)25(12-8-11-24(5)6)21-22-18-14(2)9-10-15(3)19(18)28-21/h9-10,13H,7-8,11-12H2,1-6H3. The summed E-state index contributed by atoms with van der Waals surface area (Å²) in [5.74, 6) is -0.0319. The lowest BCUT2D eigenvalue weighted by molar-refractivity contribution is 0.0975. The molecule has 0 fully saturated rings. The smallest absolute Gasteiger partial charge is 0.278 e. The molecule has 6 nitrogen and oxygen atoms in total. The highest BCUT2D eigenvalue weighted by Crippen LogP contribution is 2.33. The van der Waals surface area contributed by atoms with Gasteiger partial charge < -0.3 is 4.90 Å². The van der Waals surface area contributed by atoms with Crippen molar-refractivity contribution < 1.29 is 4.79 Å². The van der Waals surface area contributed by atoms with Crippen molar-refractivity contribution in [2.24, 2.45) is 0 Å². The molecule has 0 saturated heterocycles. The molecule has 0 bridgehead atoms. The lowest BCUT2D eigenvalue weighted by atomic mass is 10.1. The fourth-order valence-electron chi connectivity index (χ4n) is 3.29. The van der Waals surface area contributed by atoms with Crippen LogP contribution in [0.15, 0.2) is 18.2 Å². The zero-order chi connectivity index (χ0) is 20.4. The average Bonchev–Trinajstić information content (AvgIpc) is 3.25. The predicted octanol–water partition coefficient (Wildman–Crippen LogP) is 4.04. The molecular weight excluding hydrogens is 370 g/mol. The Hall–Kier alpha value is -2.25. The topological polar surface area (TPSA) is 54.3 Å². The first-order chi connectivity index (χ1) is 13.3. The zero-order valence-corrected chi connectivity index (χ0v) is 18.4. The predicted molar refractivity (Wildman–Crippen MR) is 117 cm³/mol. The summed E-state index contributed by atoms with van der Waals surface area (Å²) in [5.41, 5.74) is 4.80. The molecule has 0 aliphatic heterocycles. The second-order valence-corrected chi connectivity index (χ2v) is 8.45. The maximum atomic E-state index is 13.5. The van der Waals surface area contributed by atoms with Crippen LogP contribution in [0.1, 0.15) is 40.7 Å². The van der Waals surface area contributed by atoms with Gasteiger partial charge in [0.25, 0.3) is 5.91 Å². The molecule has 28 heavy (non-hydrogen) atoms. The quantitative estimate of drug-likeness (QED) is 0.602.